The van der Waals surface area contributed by atoms with Crippen LogP contribution < -0.4 is 9.47 Å². The van der Waals surface area contributed by atoms with Gasteiger partial charge in [-0.1, -0.05) is 54.1 Å². The Hall–Kier alpha value is -3.33. The lowest BCUT2D eigenvalue weighted by Crippen LogP contribution is -2.12. The molecule has 0 heterocycles. The van der Waals surface area contributed by atoms with E-state index in [4.69, 9.17) is 9.47 Å². The van der Waals surface area contributed by atoms with E-state index in [0.29, 0.717) is 11.3 Å². The third kappa shape index (κ3) is 2.85. The molecular weight excluding hydrogens is 372 g/mol. The van der Waals surface area contributed by atoms with Gasteiger partial charge in [-0.25, -0.2) is 4.79 Å². The van der Waals surface area contributed by atoms with Crippen LogP contribution in [0.4, 0.5) is 0 Å². The van der Waals surface area contributed by atoms with Gasteiger partial charge < -0.3 is 9.47 Å². The van der Waals surface area contributed by atoms with Crippen LogP contribution in [0.5, 0.6) is 17.2 Å². The van der Waals surface area contributed by atoms with Crippen molar-refractivity contribution in [2.75, 3.05) is 0 Å². The van der Waals surface area contributed by atoms with Crippen molar-refractivity contribution in [3.63, 3.8) is 0 Å². The van der Waals surface area contributed by atoms with Crippen LogP contribution in [0, 0.1) is 6.92 Å². The molecule has 0 saturated carbocycles. The van der Waals surface area contributed by atoms with E-state index in [0.717, 1.165) is 45.4 Å². The van der Waals surface area contributed by atoms with E-state index in [1.165, 1.54) is 5.57 Å². The van der Waals surface area contributed by atoms with Crippen molar-refractivity contribution in [1.82, 2.24) is 0 Å². The maximum Gasteiger partial charge on any atom is 0.338 e. The van der Waals surface area contributed by atoms with E-state index < -0.39 is 0 Å². The normalized spacial score (nSPS) is 18.8. The summed E-state index contributed by atoms with van der Waals surface area (Å²) in [6, 6.07) is 16.1. The molecule has 0 radical (unpaired) electrons. The Kier molecular flexibility index (Phi) is 4.28. The molecule has 2 atom stereocenters. The zero-order chi connectivity index (χ0) is 21.0. The number of hydrogen-bond acceptors (Lipinski definition) is 3. The SMILES string of the molecule is C=C(C)C(=O)Oc1c2c(c(Oc3ccccc3)c3cc(C)ccc13)C1C=C(C)C2C1. The highest BCUT2D eigenvalue weighted by molar-refractivity contribution is 6.01. The molecule has 0 amide bonds. The minimum Gasteiger partial charge on any atom is -0.456 e. The smallest absolute Gasteiger partial charge is 0.338 e. The summed E-state index contributed by atoms with van der Waals surface area (Å²) in [6.07, 6.45) is 3.33. The third-order valence-corrected chi connectivity index (χ3v) is 6.17. The standard InChI is InChI=1S/C27H24O3/c1-15(2)27(28)30-25-20-11-10-16(3)12-22(20)26(29-19-8-6-5-7-9-19)23-18-13-17(4)21(14-18)24(23)25/h5-13,18,21H,1,14H2,2-4H3. The molecule has 0 aromatic heterocycles. The van der Waals surface area contributed by atoms with Crippen LogP contribution in [0.3, 0.4) is 0 Å². The first-order valence-corrected chi connectivity index (χ1v) is 10.3. The molecule has 3 aromatic carbocycles. The summed E-state index contributed by atoms with van der Waals surface area (Å²) in [6.45, 7) is 9.67. The summed E-state index contributed by atoms with van der Waals surface area (Å²) in [5.74, 6) is 2.48. The molecule has 0 aliphatic heterocycles. The zero-order valence-corrected chi connectivity index (χ0v) is 17.5. The van der Waals surface area contributed by atoms with Crippen molar-refractivity contribution in [1.29, 1.82) is 0 Å². The molecule has 3 aromatic rings. The lowest BCUT2D eigenvalue weighted by Gasteiger charge is -2.24. The number of ether oxygens (including phenoxy) is 2. The highest BCUT2D eigenvalue weighted by atomic mass is 16.5. The van der Waals surface area contributed by atoms with Gasteiger partial charge in [0.15, 0.2) is 0 Å². The number of carbonyl (C=O) groups excluding carboxylic acids is 1. The Morgan fingerprint density at radius 2 is 1.77 bits per heavy atom. The van der Waals surface area contributed by atoms with E-state index in [1.54, 1.807) is 6.92 Å². The van der Waals surface area contributed by atoms with Crippen LogP contribution in [0.15, 0.2) is 72.3 Å². The molecule has 3 heteroatoms. The van der Waals surface area contributed by atoms with Crippen molar-refractivity contribution < 1.29 is 14.3 Å². The quantitative estimate of drug-likeness (QED) is 0.207. The summed E-state index contributed by atoms with van der Waals surface area (Å²) in [5, 5.41) is 1.88. The number of carbonyl (C=O) groups is 1. The highest BCUT2D eigenvalue weighted by Crippen LogP contribution is 2.61. The summed E-state index contributed by atoms with van der Waals surface area (Å²) < 4.78 is 12.5. The average molecular weight is 396 g/mol. The number of rotatable bonds is 4. The van der Waals surface area contributed by atoms with Gasteiger partial charge in [-0.3, -0.25) is 0 Å². The maximum absolute atomic E-state index is 12.5. The molecular formula is C27H24O3. The molecule has 0 fully saturated rings. The number of benzene rings is 3. The number of esters is 1. The Morgan fingerprint density at radius 3 is 2.50 bits per heavy atom. The highest BCUT2D eigenvalue weighted by Gasteiger charge is 2.42. The maximum atomic E-state index is 12.5. The predicted molar refractivity (Wildman–Crippen MR) is 120 cm³/mol. The van der Waals surface area contributed by atoms with Crippen LogP contribution in [0.25, 0.3) is 10.8 Å². The van der Waals surface area contributed by atoms with Crippen molar-refractivity contribution >= 4 is 16.7 Å². The number of allylic oxidation sites excluding steroid dienone is 2. The van der Waals surface area contributed by atoms with Crippen molar-refractivity contribution in [2.24, 2.45) is 0 Å². The van der Waals surface area contributed by atoms with Gasteiger partial charge in [0, 0.05) is 39.3 Å². The van der Waals surface area contributed by atoms with Crippen molar-refractivity contribution in [3.8, 4) is 17.2 Å². The first-order chi connectivity index (χ1) is 14.4. The molecule has 30 heavy (non-hydrogen) atoms. The van der Waals surface area contributed by atoms with E-state index in [-0.39, 0.29) is 17.8 Å². The fourth-order valence-corrected chi connectivity index (χ4v) is 4.79. The van der Waals surface area contributed by atoms with E-state index in [2.05, 4.69) is 38.6 Å². The van der Waals surface area contributed by atoms with Gasteiger partial charge in [-0.2, -0.15) is 0 Å². The lowest BCUT2D eigenvalue weighted by atomic mass is 9.87. The second kappa shape index (κ2) is 6.88. The molecule has 2 unspecified atom stereocenters. The van der Waals surface area contributed by atoms with Crippen LogP contribution >= 0.6 is 0 Å². The van der Waals surface area contributed by atoms with Gasteiger partial charge in [-0.15, -0.1) is 0 Å². The fourth-order valence-electron chi connectivity index (χ4n) is 4.79. The number of hydrogen-bond donors (Lipinski definition) is 0. The second-order valence-corrected chi connectivity index (χ2v) is 8.43. The Morgan fingerprint density at radius 1 is 1.00 bits per heavy atom. The summed E-state index contributed by atoms with van der Waals surface area (Å²) in [7, 11) is 0. The van der Waals surface area contributed by atoms with Gasteiger partial charge in [0.2, 0.25) is 0 Å². The Labute approximate surface area is 176 Å². The zero-order valence-electron chi connectivity index (χ0n) is 17.5. The minimum atomic E-state index is -0.389. The predicted octanol–water partition coefficient (Wildman–Crippen LogP) is 6.95. The van der Waals surface area contributed by atoms with E-state index >= 15 is 0 Å². The van der Waals surface area contributed by atoms with Crippen molar-refractivity contribution in [3.05, 3.63) is 89.0 Å². The molecule has 3 nitrogen and oxygen atoms in total. The average Bonchev–Trinajstić information content (AvgIpc) is 3.28. The lowest BCUT2D eigenvalue weighted by molar-refractivity contribution is -0.130. The summed E-state index contributed by atoms with van der Waals surface area (Å²) >= 11 is 0. The molecule has 0 N–H and O–H groups in total. The van der Waals surface area contributed by atoms with Crippen LogP contribution in [0.1, 0.15) is 48.8 Å². The number of para-hydroxylation sites is 1. The van der Waals surface area contributed by atoms with Gasteiger partial charge in [0.05, 0.1) is 0 Å². The monoisotopic (exact) mass is 396 g/mol. The van der Waals surface area contributed by atoms with Crippen LogP contribution in [0.2, 0.25) is 0 Å². The molecule has 2 aliphatic rings. The number of aryl methyl sites for hydroxylation is 1. The summed E-state index contributed by atoms with van der Waals surface area (Å²) in [5.41, 5.74) is 5.10. The molecule has 0 saturated heterocycles. The van der Waals surface area contributed by atoms with E-state index in [1.807, 2.05) is 36.4 Å². The number of fused-ring (bicyclic) bond motifs is 6. The largest absolute Gasteiger partial charge is 0.456 e. The van der Waals surface area contributed by atoms with Gasteiger partial charge in [0.1, 0.15) is 17.2 Å². The first kappa shape index (κ1) is 18.7. The molecule has 0 spiro atoms. The van der Waals surface area contributed by atoms with Gasteiger partial charge in [0.25, 0.3) is 0 Å². The molecule has 5 rings (SSSR count). The third-order valence-electron chi connectivity index (χ3n) is 6.17. The van der Waals surface area contributed by atoms with Gasteiger partial charge >= 0.3 is 5.97 Å². The van der Waals surface area contributed by atoms with Crippen LogP contribution in [-0.2, 0) is 4.79 Å². The Bertz CT molecular complexity index is 1230. The summed E-state index contributed by atoms with van der Waals surface area (Å²) in [4.78, 5) is 12.5. The Balaban J connectivity index is 1.81. The molecule has 2 bridgehead atoms. The molecule has 2 aliphatic carbocycles. The fraction of sp³-hybridized carbons (Fsp3) is 0.222. The first-order valence-electron chi connectivity index (χ1n) is 10.3. The van der Waals surface area contributed by atoms with Crippen LogP contribution in [-0.4, -0.2) is 5.97 Å². The van der Waals surface area contributed by atoms with E-state index in [9.17, 15) is 4.79 Å². The van der Waals surface area contributed by atoms with Crippen molar-refractivity contribution in [2.45, 2.75) is 39.0 Å². The molecule has 150 valence electrons. The second-order valence-electron chi connectivity index (χ2n) is 8.43. The minimum absolute atomic E-state index is 0.252. The topological polar surface area (TPSA) is 35.5 Å². The van der Waals surface area contributed by atoms with Gasteiger partial charge in [-0.05, 0) is 45.4 Å².